The highest BCUT2D eigenvalue weighted by atomic mass is 16.1. The average molecular weight is 612 g/mol. The summed E-state index contributed by atoms with van der Waals surface area (Å²) in [7, 11) is 0. The molecule has 0 spiro atoms. The van der Waals surface area contributed by atoms with E-state index in [0.29, 0.717) is 13.0 Å². The number of fused-ring (bicyclic) bond motifs is 3. The van der Waals surface area contributed by atoms with Crippen LogP contribution in [0.4, 0.5) is 5.82 Å². The number of nitrogens with one attached hydrogen (secondary N) is 2. The predicted molar refractivity (Wildman–Crippen MR) is 191 cm³/mol. The number of imidazole rings is 1. The Balaban J connectivity index is 1.37. The average Bonchev–Trinajstić information content (AvgIpc) is 3.38. The van der Waals surface area contributed by atoms with E-state index in [9.17, 15) is 4.79 Å². The molecule has 244 valence electrons. The van der Waals surface area contributed by atoms with E-state index in [1.165, 1.54) is 56.9 Å². The lowest BCUT2D eigenvalue weighted by molar-refractivity contribution is -0.121. The Morgan fingerprint density at radius 3 is 2.04 bits per heavy atom. The first kappa shape index (κ1) is 34.5. The van der Waals surface area contributed by atoms with Crippen molar-refractivity contribution >= 4 is 33.7 Å². The highest BCUT2D eigenvalue weighted by molar-refractivity contribution is 6.07. The number of hydrogen-bond donors (Lipinski definition) is 2. The summed E-state index contributed by atoms with van der Waals surface area (Å²) in [6.07, 6.45) is 16.6. The largest absolute Gasteiger partial charge is 0.364 e. The van der Waals surface area contributed by atoms with Crippen molar-refractivity contribution in [3.8, 4) is 0 Å². The molecule has 0 aliphatic rings. The number of amides is 1. The van der Waals surface area contributed by atoms with Crippen LogP contribution in [0.25, 0.3) is 21.9 Å². The molecule has 0 bridgehead atoms. The first-order valence-electron chi connectivity index (χ1n) is 17.7. The molecule has 6 heteroatoms. The van der Waals surface area contributed by atoms with Crippen molar-refractivity contribution in [1.29, 1.82) is 0 Å². The van der Waals surface area contributed by atoms with Crippen LogP contribution in [0.5, 0.6) is 0 Å². The fourth-order valence-corrected chi connectivity index (χ4v) is 6.03. The second-order valence-electron chi connectivity index (χ2n) is 13.8. The number of anilines is 1. The Morgan fingerprint density at radius 2 is 1.38 bits per heavy atom. The van der Waals surface area contributed by atoms with E-state index < -0.39 is 0 Å². The van der Waals surface area contributed by atoms with Gasteiger partial charge in [-0.2, -0.15) is 0 Å². The fraction of sp³-hybridized carbons (Fsp3) is 0.564. The van der Waals surface area contributed by atoms with Crippen molar-refractivity contribution in [2.75, 3.05) is 5.32 Å². The summed E-state index contributed by atoms with van der Waals surface area (Å²) in [5.74, 6) is 2.10. The van der Waals surface area contributed by atoms with E-state index in [0.717, 1.165) is 77.8 Å². The fourth-order valence-electron chi connectivity index (χ4n) is 6.03. The zero-order chi connectivity index (χ0) is 32.1. The first-order valence-corrected chi connectivity index (χ1v) is 17.7. The molecule has 0 radical (unpaired) electrons. The Hall–Kier alpha value is -3.41. The van der Waals surface area contributed by atoms with Crippen LogP contribution < -0.4 is 10.6 Å². The molecule has 6 nitrogen and oxygen atoms in total. The third-order valence-electron chi connectivity index (χ3n) is 8.52. The molecule has 0 aliphatic carbocycles. The quantitative estimate of drug-likeness (QED) is 0.104. The maximum absolute atomic E-state index is 12.5. The lowest BCUT2D eigenvalue weighted by Gasteiger charge is -2.22. The van der Waals surface area contributed by atoms with Crippen LogP contribution in [0.3, 0.4) is 0 Å². The number of benzene rings is 2. The number of nitrogens with zero attached hydrogens (tertiary/aromatic N) is 3. The maximum Gasteiger partial charge on any atom is 0.220 e. The van der Waals surface area contributed by atoms with Gasteiger partial charge in [0.15, 0.2) is 5.82 Å². The molecule has 4 aromatic rings. The Kier molecular flexibility index (Phi) is 13.3. The van der Waals surface area contributed by atoms with Crippen LogP contribution in [0.15, 0.2) is 48.5 Å². The van der Waals surface area contributed by atoms with Gasteiger partial charge >= 0.3 is 0 Å². The second kappa shape index (κ2) is 17.3. The van der Waals surface area contributed by atoms with E-state index in [-0.39, 0.29) is 11.4 Å². The summed E-state index contributed by atoms with van der Waals surface area (Å²) in [5, 5.41) is 7.87. The number of pyridine rings is 1. The number of carbonyl (C=O) groups is 1. The van der Waals surface area contributed by atoms with Gasteiger partial charge in [0.05, 0.1) is 11.0 Å². The van der Waals surface area contributed by atoms with Gasteiger partial charge in [0.2, 0.25) is 5.91 Å². The molecule has 1 amide bonds. The summed E-state index contributed by atoms with van der Waals surface area (Å²) in [6, 6.07) is 17.1. The van der Waals surface area contributed by atoms with Crippen molar-refractivity contribution in [2.45, 2.75) is 143 Å². The van der Waals surface area contributed by atoms with Gasteiger partial charge in [0, 0.05) is 36.9 Å². The standard InChI is InChI=1S/C39H57N5O/c1-6-8-10-11-12-13-14-15-16-17-23-35(45)40-28-30-24-26-31(27-25-30)29-44-34(22-9-7-2)42-36-37(44)32-20-18-19-21-33(32)41-38(36)43-39(3,4)5/h18-21,24-27H,6-17,22-23,28-29H2,1-5H3,(H,40,45)(H,41,43). The molecular formula is C39H57N5O. The van der Waals surface area contributed by atoms with Crippen LogP contribution >= 0.6 is 0 Å². The zero-order valence-corrected chi connectivity index (χ0v) is 28.7. The maximum atomic E-state index is 12.5. The van der Waals surface area contributed by atoms with E-state index in [2.05, 4.69) is 98.4 Å². The number of aryl methyl sites for hydroxylation is 1. The molecular weight excluding hydrogens is 554 g/mol. The van der Waals surface area contributed by atoms with Crippen LogP contribution in [0.1, 0.15) is 135 Å². The van der Waals surface area contributed by atoms with Gasteiger partial charge in [-0.15, -0.1) is 0 Å². The molecule has 0 saturated heterocycles. The molecule has 2 N–H and O–H groups in total. The van der Waals surface area contributed by atoms with Crippen LogP contribution in [-0.4, -0.2) is 26.0 Å². The monoisotopic (exact) mass is 611 g/mol. The molecule has 2 aromatic heterocycles. The third-order valence-corrected chi connectivity index (χ3v) is 8.52. The summed E-state index contributed by atoms with van der Waals surface area (Å²) in [6.45, 7) is 12.3. The van der Waals surface area contributed by atoms with Crippen molar-refractivity contribution in [2.24, 2.45) is 0 Å². The first-order chi connectivity index (χ1) is 21.8. The molecule has 0 unspecified atom stereocenters. The second-order valence-corrected chi connectivity index (χ2v) is 13.8. The summed E-state index contributed by atoms with van der Waals surface area (Å²) in [5.41, 5.74) is 5.28. The minimum atomic E-state index is -0.131. The van der Waals surface area contributed by atoms with Gasteiger partial charge in [-0.3, -0.25) is 4.79 Å². The van der Waals surface area contributed by atoms with Crippen LogP contribution in [0.2, 0.25) is 0 Å². The molecule has 2 heterocycles. The number of unbranched alkanes of at least 4 members (excludes halogenated alkanes) is 10. The van der Waals surface area contributed by atoms with E-state index >= 15 is 0 Å². The van der Waals surface area contributed by atoms with Gasteiger partial charge in [0.1, 0.15) is 11.3 Å². The topological polar surface area (TPSA) is 71.8 Å². The SMILES string of the molecule is CCCCCCCCCCCCC(=O)NCc1ccc(Cn2c(CCCC)nc3c(NC(C)(C)C)nc4ccccc4c32)cc1. The van der Waals surface area contributed by atoms with Crippen molar-refractivity contribution < 1.29 is 4.79 Å². The van der Waals surface area contributed by atoms with Gasteiger partial charge in [0.25, 0.3) is 0 Å². The Bertz CT molecular complexity index is 1480. The Morgan fingerprint density at radius 1 is 0.756 bits per heavy atom. The number of rotatable bonds is 19. The minimum absolute atomic E-state index is 0.131. The van der Waals surface area contributed by atoms with Crippen molar-refractivity contribution in [3.63, 3.8) is 0 Å². The van der Waals surface area contributed by atoms with Crippen LogP contribution in [-0.2, 0) is 24.3 Å². The molecule has 4 rings (SSSR count). The van der Waals surface area contributed by atoms with Crippen molar-refractivity contribution in [3.05, 3.63) is 65.5 Å². The number of para-hydroxylation sites is 1. The van der Waals surface area contributed by atoms with Gasteiger partial charge in [-0.05, 0) is 50.8 Å². The molecule has 0 aliphatic heterocycles. The van der Waals surface area contributed by atoms with E-state index in [1.54, 1.807) is 0 Å². The van der Waals surface area contributed by atoms with Crippen LogP contribution in [0, 0.1) is 0 Å². The number of carbonyl (C=O) groups excluding carboxylic acids is 1. The lowest BCUT2D eigenvalue weighted by atomic mass is 10.1. The van der Waals surface area contributed by atoms with E-state index in [4.69, 9.17) is 9.97 Å². The minimum Gasteiger partial charge on any atom is -0.364 e. The van der Waals surface area contributed by atoms with Gasteiger partial charge in [-0.1, -0.05) is 121 Å². The molecule has 0 atom stereocenters. The number of aromatic nitrogens is 3. The highest BCUT2D eigenvalue weighted by Crippen LogP contribution is 2.32. The summed E-state index contributed by atoms with van der Waals surface area (Å²) in [4.78, 5) is 22.7. The third kappa shape index (κ3) is 10.6. The molecule has 0 fully saturated rings. The zero-order valence-electron chi connectivity index (χ0n) is 28.7. The number of hydrogen-bond acceptors (Lipinski definition) is 4. The molecule has 45 heavy (non-hydrogen) atoms. The molecule has 2 aromatic carbocycles. The van der Waals surface area contributed by atoms with Gasteiger partial charge in [-0.25, -0.2) is 9.97 Å². The smallest absolute Gasteiger partial charge is 0.220 e. The van der Waals surface area contributed by atoms with Gasteiger partial charge < -0.3 is 15.2 Å². The summed E-state index contributed by atoms with van der Waals surface area (Å²) < 4.78 is 2.39. The highest BCUT2D eigenvalue weighted by Gasteiger charge is 2.21. The van der Waals surface area contributed by atoms with Crippen molar-refractivity contribution in [1.82, 2.24) is 19.9 Å². The lowest BCUT2D eigenvalue weighted by Crippen LogP contribution is -2.26. The predicted octanol–water partition coefficient (Wildman–Crippen LogP) is 10.1. The Labute approximate surface area is 271 Å². The normalized spacial score (nSPS) is 11.8. The molecule has 0 saturated carbocycles. The van der Waals surface area contributed by atoms with E-state index in [1.807, 2.05) is 0 Å². The summed E-state index contributed by atoms with van der Waals surface area (Å²) >= 11 is 0.